The summed E-state index contributed by atoms with van der Waals surface area (Å²) in [5, 5.41) is 11.1. The summed E-state index contributed by atoms with van der Waals surface area (Å²) in [7, 11) is 0. The largest absolute Gasteiger partial charge is 0.507 e. The number of aromatic nitrogens is 1. The van der Waals surface area contributed by atoms with E-state index in [2.05, 4.69) is 27.5 Å². The number of aliphatic hydroxyl groups excluding tert-OH is 1. The summed E-state index contributed by atoms with van der Waals surface area (Å²) in [6, 6.07) is 18.2. The number of ketones is 1. The zero-order valence-electron chi connectivity index (χ0n) is 16.9. The van der Waals surface area contributed by atoms with Gasteiger partial charge in [0.1, 0.15) is 23.9 Å². The van der Waals surface area contributed by atoms with Crippen molar-refractivity contribution in [1.82, 2.24) is 4.98 Å². The Morgan fingerprint density at radius 3 is 2.56 bits per heavy atom. The molecule has 0 bridgehead atoms. The Hall–Kier alpha value is -3.71. The molecule has 1 N–H and O–H groups in total. The summed E-state index contributed by atoms with van der Waals surface area (Å²) in [4.78, 5) is 31.7. The topological polar surface area (TPSA) is 79.7 Å². The van der Waals surface area contributed by atoms with E-state index in [-0.39, 0.29) is 11.3 Å². The van der Waals surface area contributed by atoms with Crippen molar-refractivity contribution < 1.29 is 19.4 Å². The van der Waals surface area contributed by atoms with Gasteiger partial charge in [-0.25, -0.2) is 4.98 Å². The third-order valence-corrected chi connectivity index (χ3v) is 5.49. The summed E-state index contributed by atoms with van der Waals surface area (Å²) < 4.78 is 6.26. The molecular formula is C25H19BrN2O4. The lowest BCUT2D eigenvalue weighted by atomic mass is 9.95. The van der Waals surface area contributed by atoms with Gasteiger partial charge in [-0.2, -0.15) is 0 Å². The number of carbonyl (C=O) groups is 2. The number of Topliss-reactive ketones (excluding diaryl/α,β-unsaturated/α-hetero) is 1. The molecular weight excluding hydrogens is 472 g/mol. The smallest absolute Gasteiger partial charge is 0.301 e. The van der Waals surface area contributed by atoms with Crippen LogP contribution in [0.1, 0.15) is 17.2 Å². The predicted molar refractivity (Wildman–Crippen MR) is 125 cm³/mol. The number of carbonyl (C=O) groups excluding carboxylic acids is 2. The Balaban J connectivity index is 1.85. The number of aliphatic hydroxyl groups is 1. The Morgan fingerprint density at radius 1 is 1.12 bits per heavy atom. The molecule has 0 radical (unpaired) electrons. The molecule has 0 saturated carbocycles. The van der Waals surface area contributed by atoms with E-state index in [9.17, 15) is 14.7 Å². The van der Waals surface area contributed by atoms with Gasteiger partial charge >= 0.3 is 5.91 Å². The molecule has 2 aromatic carbocycles. The van der Waals surface area contributed by atoms with Crippen LogP contribution in [0.15, 0.2) is 95.6 Å². The number of benzene rings is 2. The molecule has 1 fully saturated rings. The SMILES string of the molecule is C=CCOc1ccc(/C(O)=C2\C(=O)C(=O)N(c3ccccn3)[C@@H]2c2cccc(Br)c2)cc1. The molecule has 1 saturated heterocycles. The highest BCUT2D eigenvalue weighted by atomic mass is 79.9. The first kappa shape index (κ1) is 21.5. The minimum absolute atomic E-state index is 0.00138. The van der Waals surface area contributed by atoms with Crippen molar-refractivity contribution in [3.05, 3.63) is 107 Å². The maximum atomic E-state index is 13.1. The van der Waals surface area contributed by atoms with E-state index >= 15 is 0 Å². The average Bonchev–Trinajstić information content (AvgIpc) is 3.08. The van der Waals surface area contributed by atoms with Crippen molar-refractivity contribution in [1.29, 1.82) is 0 Å². The van der Waals surface area contributed by atoms with E-state index in [0.29, 0.717) is 29.3 Å². The van der Waals surface area contributed by atoms with Gasteiger partial charge in [-0.1, -0.05) is 46.8 Å². The van der Waals surface area contributed by atoms with E-state index < -0.39 is 17.7 Å². The lowest BCUT2D eigenvalue weighted by Gasteiger charge is -2.24. The number of halogens is 1. The number of pyridine rings is 1. The van der Waals surface area contributed by atoms with Gasteiger partial charge in [0.25, 0.3) is 5.78 Å². The number of amides is 1. The summed E-state index contributed by atoms with van der Waals surface area (Å²) in [6.07, 6.45) is 3.18. The van der Waals surface area contributed by atoms with E-state index in [1.165, 1.54) is 4.90 Å². The van der Waals surface area contributed by atoms with Crippen LogP contribution >= 0.6 is 15.9 Å². The summed E-state index contributed by atoms with van der Waals surface area (Å²) in [6.45, 7) is 3.96. The summed E-state index contributed by atoms with van der Waals surface area (Å²) >= 11 is 3.44. The molecule has 0 aliphatic carbocycles. The van der Waals surface area contributed by atoms with Gasteiger partial charge in [-0.15, -0.1) is 0 Å². The Labute approximate surface area is 193 Å². The van der Waals surface area contributed by atoms with Crippen LogP contribution in [0.3, 0.4) is 0 Å². The minimum atomic E-state index is -0.834. The van der Waals surface area contributed by atoms with Crippen LogP contribution < -0.4 is 9.64 Å². The highest BCUT2D eigenvalue weighted by Gasteiger charge is 2.47. The number of rotatable bonds is 6. The van der Waals surface area contributed by atoms with Crippen LogP contribution in [0.2, 0.25) is 0 Å². The molecule has 32 heavy (non-hydrogen) atoms. The van der Waals surface area contributed by atoms with Gasteiger partial charge in [0, 0.05) is 16.2 Å². The second kappa shape index (κ2) is 9.20. The van der Waals surface area contributed by atoms with Crippen molar-refractivity contribution in [3.63, 3.8) is 0 Å². The van der Waals surface area contributed by atoms with Gasteiger partial charge in [0.15, 0.2) is 0 Å². The van der Waals surface area contributed by atoms with Crippen molar-refractivity contribution in [2.24, 2.45) is 0 Å². The molecule has 2 heterocycles. The zero-order valence-corrected chi connectivity index (χ0v) is 18.5. The lowest BCUT2D eigenvalue weighted by molar-refractivity contribution is -0.132. The van der Waals surface area contributed by atoms with E-state index in [0.717, 1.165) is 4.47 Å². The molecule has 0 spiro atoms. The predicted octanol–water partition coefficient (Wildman–Crippen LogP) is 5.04. The Bertz CT molecular complexity index is 1210. The average molecular weight is 491 g/mol. The quantitative estimate of drug-likeness (QED) is 0.226. The van der Waals surface area contributed by atoms with Crippen LogP contribution in [0.25, 0.3) is 5.76 Å². The van der Waals surface area contributed by atoms with Crippen molar-refractivity contribution in [2.75, 3.05) is 11.5 Å². The fourth-order valence-corrected chi connectivity index (χ4v) is 3.99. The number of ether oxygens (including phenoxy) is 1. The number of nitrogens with zero attached hydrogens (tertiary/aromatic N) is 2. The van der Waals surface area contributed by atoms with Crippen LogP contribution in [-0.2, 0) is 9.59 Å². The summed E-state index contributed by atoms with van der Waals surface area (Å²) in [5.41, 5.74) is 1.06. The zero-order chi connectivity index (χ0) is 22.7. The Kier molecular flexibility index (Phi) is 6.18. The van der Waals surface area contributed by atoms with Gasteiger partial charge in [-0.3, -0.25) is 14.5 Å². The molecule has 1 atom stereocenters. The first-order valence-corrected chi connectivity index (χ1v) is 10.6. The van der Waals surface area contributed by atoms with Gasteiger partial charge in [0.05, 0.1) is 11.6 Å². The van der Waals surface area contributed by atoms with Gasteiger partial charge in [-0.05, 0) is 54.1 Å². The van der Waals surface area contributed by atoms with Gasteiger partial charge < -0.3 is 9.84 Å². The molecule has 1 aromatic heterocycles. The molecule has 1 aliphatic rings. The van der Waals surface area contributed by atoms with Crippen LogP contribution in [0.5, 0.6) is 5.75 Å². The molecule has 7 heteroatoms. The maximum absolute atomic E-state index is 13.1. The number of hydrogen-bond donors (Lipinski definition) is 1. The third kappa shape index (κ3) is 4.07. The van der Waals surface area contributed by atoms with Crippen LogP contribution in [0, 0.1) is 0 Å². The molecule has 3 aromatic rings. The molecule has 160 valence electrons. The highest BCUT2D eigenvalue weighted by molar-refractivity contribution is 9.10. The Morgan fingerprint density at radius 2 is 1.91 bits per heavy atom. The molecule has 0 unspecified atom stereocenters. The van der Waals surface area contributed by atoms with Crippen molar-refractivity contribution in [3.8, 4) is 5.75 Å². The first-order valence-electron chi connectivity index (χ1n) is 9.83. The fraction of sp³-hybridized carbons (Fsp3) is 0.0800. The number of hydrogen-bond acceptors (Lipinski definition) is 5. The molecule has 1 aliphatic heterocycles. The second-order valence-electron chi connectivity index (χ2n) is 7.04. The molecule has 4 rings (SSSR count). The van der Waals surface area contributed by atoms with E-state index in [4.69, 9.17) is 4.74 Å². The monoisotopic (exact) mass is 490 g/mol. The van der Waals surface area contributed by atoms with E-state index in [1.807, 2.05) is 18.2 Å². The fourth-order valence-electron chi connectivity index (χ4n) is 3.58. The third-order valence-electron chi connectivity index (χ3n) is 5.00. The number of anilines is 1. The lowest BCUT2D eigenvalue weighted by Crippen LogP contribution is -2.30. The highest BCUT2D eigenvalue weighted by Crippen LogP contribution is 2.42. The standard InChI is InChI=1S/C25H19BrN2O4/c1-2-14-32-19-11-9-16(10-12-19)23(29)21-22(17-6-5-7-18(26)15-17)28(25(31)24(21)30)20-8-3-4-13-27-20/h2-13,15,22,29H,1,14H2/b23-21+/t22-/m1/s1. The maximum Gasteiger partial charge on any atom is 0.301 e. The molecule has 6 nitrogen and oxygen atoms in total. The van der Waals surface area contributed by atoms with Crippen LogP contribution in [-0.4, -0.2) is 28.4 Å². The van der Waals surface area contributed by atoms with Crippen molar-refractivity contribution in [2.45, 2.75) is 6.04 Å². The summed E-state index contributed by atoms with van der Waals surface area (Å²) in [5.74, 6) is -0.862. The first-order chi connectivity index (χ1) is 15.5. The normalized spacial score (nSPS) is 17.4. The minimum Gasteiger partial charge on any atom is -0.507 e. The van der Waals surface area contributed by atoms with E-state index in [1.54, 1.807) is 60.8 Å². The molecule has 1 amide bonds. The second-order valence-corrected chi connectivity index (χ2v) is 7.95. The van der Waals surface area contributed by atoms with Crippen molar-refractivity contribution >= 4 is 39.2 Å². The van der Waals surface area contributed by atoms with Gasteiger partial charge in [0.2, 0.25) is 0 Å². The van der Waals surface area contributed by atoms with Crippen LogP contribution in [0.4, 0.5) is 5.82 Å².